The van der Waals surface area contributed by atoms with Crippen LogP contribution in [-0.2, 0) is 0 Å². The lowest BCUT2D eigenvalue weighted by atomic mass is 10.3. The maximum Gasteiger partial charge on any atom is 0.0314 e. The maximum absolute atomic E-state index is 5.71. The van der Waals surface area contributed by atoms with Crippen LogP contribution in [0.2, 0.25) is 0 Å². The van der Waals surface area contributed by atoms with E-state index in [0.29, 0.717) is 0 Å². The van der Waals surface area contributed by atoms with Crippen molar-refractivity contribution in [2.24, 2.45) is 0 Å². The predicted molar refractivity (Wildman–Crippen MR) is 99.2 cm³/mol. The summed E-state index contributed by atoms with van der Waals surface area (Å²) in [5.74, 6) is 0. The van der Waals surface area contributed by atoms with Crippen LogP contribution in [0, 0.1) is 0 Å². The van der Waals surface area contributed by atoms with Crippen molar-refractivity contribution in [2.75, 3.05) is 5.73 Å². The lowest BCUT2D eigenvalue weighted by Crippen LogP contribution is -1.82. The summed E-state index contributed by atoms with van der Waals surface area (Å²) in [5, 5.41) is 0. The predicted octanol–water partition coefficient (Wildman–Crippen LogP) is 5.86. The van der Waals surface area contributed by atoms with E-state index in [1.807, 2.05) is 36.4 Å². The van der Waals surface area contributed by atoms with Gasteiger partial charge in [-0.2, -0.15) is 0 Å². The van der Waals surface area contributed by atoms with E-state index in [1.165, 1.54) is 19.6 Å². The number of nitrogens with two attached hydrogens (primary N) is 1. The minimum Gasteiger partial charge on any atom is -0.399 e. The fourth-order valence-electron chi connectivity index (χ4n) is 1.90. The van der Waals surface area contributed by atoms with E-state index in [1.54, 1.807) is 23.5 Å². The van der Waals surface area contributed by atoms with Crippen LogP contribution in [0.25, 0.3) is 0 Å². The van der Waals surface area contributed by atoms with Gasteiger partial charge >= 0.3 is 0 Å². The molecule has 4 heteroatoms. The monoisotopic (exact) mass is 341 g/mol. The molecule has 3 aromatic rings. The van der Waals surface area contributed by atoms with E-state index in [2.05, 4.69) is 49.0 Å². The summed E-state index contributed by atoms with van der Waals surface area (Å²) in [6.07, 6.45) is 0. The van der Waals surface area contributed by atoms with Gasteiger partial charge in [-0.15, -0.1) is 12.6 Å². The second-order valence-corrected chi connectivity index (χ2v) is 7.55. The molecule has 0 fully saturated rings. The van der Waals surface area contributed by atoms with Crippen LogP contribution in [0.4, 0.5) is 5.69 Å². The number of nitrogen functional groups attached to an aromatic ring is 1. The molecule has 0 unspecified atom stereocenters. The van der Waals surface area contributed by atoms with Crippen LogP contribution in [0.3, 0.4) is 0 Å². The molecule has 0 amide bonds. The average Bonchev–Trinajstić information content (AvgIpc) is 2.54. The third kappa shape index (κ3) is 4.26. The molecule has 0 spiro atoms. The molecule has 0 aliphatic carbocycles. The highest BCUT2D eigenvalue weighted by molar-refractivity contribution is 7.99. The smallest absolute Gasteiger partial charge is 0.0314 e. The summed E-state index contributed by atoms with van der Waals surface area (Å²) in [7, 11) is 0. The number of hydrogen-bond donors (Lipinski definition) is 2. The van der Waals surface area contributed by atoms with Gasteiger partial charge in [-0.1, -0.05) is 23.5 Å². The van der Waals surface area contributed by atoms with Crippen LogP contribution >= 0.6 is 36.2 Å². The lowest BCUT2D eigenvalue weighted by molar-refractivity contribution is 1.32. The molecule has 0 saturated carbocycles. The Bertz CT molecular complexity index is 668. The lowest BCUT2D eigenvalue weighted by Gasteiger charge is -2.05. The molecule has 1 nitrogen and oxygen atoms in total. The summed E-state index contributed by atoms with van der Waals surface area (Å²) in [6.45, 7) is 0. The summed E-state index contributed by atoms with van der Waals surface area (Å²) >= 11 is 7.80. The molecule has 3 rings (SSSR count). The van der Waals surface area contributed by atoms with Crippen molar-refractivity contribution in [1.29, 1.82) is 0 Å². The van der Waals surface area contributed by atoms with Gasteiger partial charge < -0.3 is 5.73 Å². The second kappa shape index (κ2) is 7.18. The molecule has 22 heavy (non-hydrogen) atoms. The van der Waals surface area contributed by atoms with Crippen molar-refractivity contribution >= 4 is 41.8 Å². The number of anilines is 1. The van der Waals surface area contributed by atoms with E-state index < -0.39 is 0 Å². The van der Waals surface area contributed by atoms with Gasteiger partial charge in [-0.3, -0.25) is 0 Å². The Morgan fingerprint density at radius 3 is 1.27 bits per heavy atom. The molecular weight excluding hydrogens is 326 g/mol. The molecule has 0 heterocycles. The van der Waals surface area contributed by atoms with Gasteiger partial charge in [0.25, 0.3) is 0 Å². The molecular formula is C18H15NS3. The first-order valence-corrected chi connectivity index (χ1v) is 8.87. The van der Waals surface area contributed by atoms with E-state index in [0.717, 1.165) is 10.6 Å². The molecule has 0 bridgehead atoms. The van der Waals surface area contributed by atoms with Gasteiger partial charge in [-0.05, 0) is 72.8 Å². The zero-order chi connectivity index (χ0) is 15.4. The highest BCUT2D eigenvalue weighted by atomic mass is 32.2. The number of rotatable bonds is 4. The maximum atomic E-state index is 5.71. The van der Waals surface area contributed by atoms with Crippen LogP contribution in [0.1, 0.15) is 0 Å². The quantitative estimate of drug-likeness (QED) is 0.459. The van der Waals surface area contributed by atoms with Gasteiger partial charge in [0.05, 0.1) is 0 Å². The van der Waals surface area contributed by atoms with Gasteiger partial charge in [-0.25, -0.2) is 0 Å². The van der Waals surface area contributed by atoms with E-state index in [9.17, 15) is 0 Å². The summed E-state index contributed by atoms with van der Waals surface area (Å²) in [4.78, 5) is 5.85. The first-order valence-electron chi connectivity index (χ1n) is 6.79. The Hall–Kier alpha value is -1.49. The highest BCUT2D eigenvalue weighted by Gasteiger charge is 2.00. The van der Waals surface area contributed by atoms with Crippen LogP contribution < -0.4 is 5.73 Å². The van der Waals surface area contributed by atoms with Crippen LogP contribution in [0.5, 0.6) is 0 Å². The molecule has 0 aliphatic rings. The minimum atomic E-state index is 0.795. The Labute approximate surface area is 144 Å². The largest absolute Gasteiger partial charge is 0.399 e. The summed E-state index contributed by atoms with van der Waals surface area (Å²) < 4.78 is 0. The van der Waals surface area contributed by atoms with E-state index in [-0.39, 0.29) is 0 Å². The van der Waals surface area contributed by atoms with Gasteiger partial charge in [0.1, 0.15) is 0 Å². The third-order valence-electron chi connectivity index (χ3n) is 3.01. The van der Waals surface area contributed by atoms with Crippen molar-refractivity contribution in [3.63, 3.8) is 0 Å². The number of hydrogen-bond acceptors (Lipinski definition) is 4. The topological polar surface area (TPSA) is 26.0 Å². The number of benzene rings is 3. The Morgan fingerprint density at radius 1 is 0.545 bits per heavy atom. The molecule has 0 radical (unpaired) electrons. The third-order valence-corrected chi connectivity index (χ3v) is 5.34. The van der Waals surface area contributed by atoms with Crippen molar-refractivity contribution < 1.29 is 0 Å². The van der Waals surface area contributed by atoms with Crippen LogP contribution in [0.15, 0.2) is 97.3 Å². The SMILES string of the molecule is Nc1ccc(Sc2ccc(Sc3ccc(S)cc3)cc2)cc1. The molecule has 110 valence electrons. The zero-order valence-corrected chi connectivity index (χ0v) is 14.3. The first-order chi connectivity index (χ1) is 10.7. The minimum absolute atomic E-state index is 0.795. The van der Waals surface area contributed by atoms with Crippen molar-refractivity contribution in [3.8, 4) is 0 Å². The molecule has 0 saturated heterocycles. The normalized spacial score (nSPS) is 10.6. The first kappa shape index (κ1) is 15.4. The average molecular weight is 342 g/mol. The fourth-order valence-corrected chi connectivity index (χ4v) is 3.68. The Morgan fingerprint density at radius 2 is 0.864 bits per heavy atom. The molecule has 0 atom stereocenters. The number of thiol groups is 1. The molecule has 3 aromatic carbocycles. The van der Waals surface area contributed by atoms with Crippen LogP contribution in [-0.4, -0.2) is 0 Å². The Balaban J connectivity index is 1.67. The van der Waals surface area contributed by atoms with E-state index >= 15 is 0 Å². The highest BCUT2D eigenvalue weighted by Crippen LogP contribution is 2.32. The second-order valence-electron chi connectivity index (χ2n) is 4.74. The fraction of sp³-hybridized carbons (Fsp3) is 0. The molecule has 2 N–H and O–H groups in total. The zero-order valence-electron chi connectivity index (χ0n) is 11.8. The Kier molecular flexibility index (Phi) is 5.03. The van der Waals surface area contributed by atoms with Crippen molar-refractivity contribution in [1.82, 2.24) is 0 Å². The van der Waals surface area contributed by atoms with Crippen molar-refractivity contribution in [2.45, 2.75) is 24.5 Å². The van der Waals surface area contributed by atoms with Gasteiger partial charge in [0.2, 0.25) is 0 Å². The van der Waals surface area contributed by atoms with Gasteiger partial charge in [0, 0.05) is 30.2 Å². The summed E-state index contributed by atoms with van der Waals surface area (Å²) in [5.41, 5.74) is 6.50. The molecule has 0 aromatic heterocycles. The van der Waals surface area contributed by atoms with Crippen molar-refractivity contribution in [3.05, 3.63) is 72.8 Å². The summed E-state index contributed by atoms with van der Waals surface area (Å²) in [6, 6.07) is 24.7. The van der Waals surface area contributed by atoms with E-state index in [4.69, 9.17) is 5.73 Å². The van der Waals surface area contributed by atoms with Gasteiger partial charge in [0.15, 0.2) is 0 Å². The molecule has 0 aliphatic heterocycles. The standard InChI is InChI=1S/C18H15NS3/c19-13-1-5-15(6-2-13)21-17-9-11-18(12-10-17)22-16-7-3-14(20)4-8-16/h1-12,20H,19H2.